The van der Waals surface area contributed by atoms with Crippen LogP contribution >= 0.6 is 12.6 Å². The van der Waals surface area contributed by atoms with Crippen LogP contribution in [0.25, 0.3) is 0 Å². The Bertz CT molecular complexity index is 113. The second-order valence-electron chi connectivity index (χ2n) is 3.47. The minimum atomic E-state index is 0.508. The van der Waals surface area contributed by atoms with Crippen LogP contribution in [-0.2, 0) is 9.47 Å². The van der Waals surface area contributed by atoms with Crippen LogP contribution in [0.1, 0.15) is 32.1 Å². The Balaban J connectivity index is 1.86. The zero-order chi connectivity index (χ0) is 9.36. The molecule has 1 aliphatic rings. The van der Waals surface area contributed by atoms with Gasteiger partial charge < -0.3 is 9.47 Å². The molecule has 2 nitrogen and oxygen atoms in total. The predicted molar refractivity (Wildman–Crippen MR) is 57.5 cm³/mol. The monoisotopic (exact) mass is 204 g/mol. The van der Waals surface area contributed by atoms with E-state index < -0.39 is 0 Å². The molecule has 0 radical (unpaired) electrons. The lowest BCUT2D eigenvalue weighted by atomic mass is 9.98. The quantitative estimate of drug-likeness (QED) is 0.528. The number of hydrogen-bond acceptors (Lipinski definition) is 3. The first-order valence-corrected chi connectivity index (χ1v) is 5.87. The molecule has 3 heteroatoms. The fourth-order valence-electron chi connectivity index (χ4n) is 1.67. The van der Waals surface area contributed by atoms with E-state index in [-0.39, 0.29) is 0 Å². The standard InChI is InChI=1S/C10H20O2S/c13-9-8-11-6-7-12-10-4-2-1-3-5-10/h10,13H,1-9H2. The van der Waals surface area contributed by atoms with E-state index in [2.05, 4.69) is 12.6 Å². The van der Waals surface area contributed by atoms with Crippen molar-refractivity contribution < 1.29 is 9.47 Å². The molecule has 1 aliphatic carbocycles. The molecular weight excluding hydrogens is 184 g/mol. The number of hydrogen-bond donors (Lipinski definition) is 1. The third kappa shape index (κ3) is 5.55. The van der Waals surface area contributed by atoms with Crippen molar-refractivity contribution >= 4 is 12.6 Å². The Hall–Kier alpha value is 0.270. The number of rotatable bonds is 6. The van der Waals surface area contributed by atoms with Gasteiger partial charge in [0.15, 0.2) is 0 Å². The molecule has 1 saturated carbocycles. The molecule has 0 amide bonds. The van der Waals surface area contributed by atoms with Gasteiger partial charge >= 0.3 is 0 Å². The zero-order valence-corrected chi connectivity index (χ0v) is 9.10. The van der Waals surface area contributed by atoms with Gasteiger partial charge in [-0.2, -0.15) is 12.6 Å². The first-order valence-electron chi connectivity index (χ1n) is 5.23. The molecule has 0 aromatic rings. The average Bonchev–Trinajstić information content (AvgIpc) is 2.19. The van der Waals surface area contributed by atoms with Gasteiger partial charge in [-0.1, -0.05) is 19.3 Å². The summed E-state index contributed by atoms with van der Waals surface area (Å²) in [4.78, 5) is 0. The van der Waals surface area contributed by atoms with E-state index in [1.807, 2.05) is 0 Å². The molecule has 0 atom stereocenters. The van der Waals surface area contributed by atoms with Gasteiger partial charge in [0.25, 0.3) is 0 Å². The van der Waals surface area contributed by atoms with Crippen LogP contribution < -0.4 is 0 Å². The molecule has 0 aliphatic heterocycles. The highest BCUT2D eigenvalue weighted by atomic mass is 32.1. The van der Waals surface area contributed by atoms with E-state index in [1.54, 1.807) is 0 Å². The largest absolute Gasteiger partial charge is 0.378 e. The highest BCUT2D eigenvalue weighted by molar-refractivity contribution is 7.80. The summed E-state index contributed by atoms with van der Waals surface area (Å²) in [6.07, 6.45) is 7.05. The SMILES string of the molecule is SCCOCCOC1CCCCC1. The Morgan fingerprint density at radius 3 is 2.46 bits per heavy atom. The van der Waals surface area contributed by atoms with Crippen molar-refractivity contribution in [2.75, 3.05) is 25.6 Å². The zero-order valence-electron chi connectivity index (χ0n) is 8.21. The summed E-state index contributed by atoms with van der Waals surface area (Å²) in [6.45, 7) is 2.20. The molecule has 1 fully saturated rings. The fourth-order valence-corrected chi connectivity index (χ4v) is 1.80. The highest BCUT2D eigenvalue weighted by Gasteiger charge is 2.12. The van der Waals surface area contributed by atoms with Gasteiger partial charge in [-0.25, -0.2) is 0 Å². The van der Waals surface area contributed by atoms with E-state index >= 15 is 0 Å². The fraction of sp³-hybridized carbons (Fsp3) is 1.00. The lowest BCUT2D eigenvalue weighted by Crippen LogP contribution is -2.19. The topological polar surface area (TPSA) is 18.5 Å². The van der Waals surface area contributed by atoms with E-state index in [0.29, 0.717) is 6.10 Å². The summed E-state index contributed by atoms with van der Waals surface area (Å²) in [5.74, 6) is 0.795. The summed E-state index contributed by atoms with van der Waals surface area (Å²) in [7, 11) is 0. The maximum absolute atomic E-state index is 5.68. The molecule has 0 heterocycles. The smallest absolute Gasteiger partial charge is 0.0704 e. The van der Waals surface area contributed by atoms with Gasteiger partial charge in [-0.05, 0) is 12.8 Å². The third-order valence-corrected chi connectivity index (χ3v) is 2.55. The van der Waals surface area contributed by atoms with Crippen LogP contribution in [-0.4, -0.2) is 31.7 Å². The first kappa shape index (κ1) is 11.3. The van der Waals surface area contributed by atoms with Crippen molar-refractivity contribution in [2.24, 2.45) is 0 Å². The van der Waals surface area contributed by atoms with E-state index in [9.17, 15) is 0 Å². The van der Waals surface area contributed by atoms with E-state index in [0.717, 1.165) is 25.6 Å². The minimum absolute atomic E-state index is 0.508. The van der Waals surface area contributed by atoms with Crippen molar-refractivity contribution in [2.45, 2.75) is 38.2 Å². The van der Waals surface area contributed by atoms with E-state index in [4.69, 9.17) is 9.47 Å². The van der Waals surface area contributed by atoms with Gasteiger partial charge in [-0.3, -0.25) is 0 Å². The van der Waals surface area contributed by atoms with Crippen molar-refractivity contribution in [3.05, 3.63) is 0 Å². The molecule has 13 heavy (non-hydrogen) atoms. The molecule has 0 saturated heterocycles. The molecule has 0 spiro atoms. The lowest BCUT2D eigenvalue weighted by molar-refractivity contribution is -0.00741. The van der Waals surface area contributed by atoms with Crippen LogP contribution in [0.2, 0.25) is 0 Å². The normalized spacial score (nSPS) is 19.2. The van der Waals surface area contributed by atoms with Crippen LogP contribution in [0.5, 0.6) is 0 Å². The molecule has 0 aromatic carbocycles. The summed E-state index contributed by atoms with van der Waals surface area (Å²) in [5.41, 5.74) is 0. The molecule has 0 N–H and O–H groups in total. The summed E-state index contributed by atoms with van der Waals surface area (Å²) in [5, 5.41) is 0. The van der Waals surface area contributed by atoms with Crippen molar-refractivity contribution in [3.8, 4) is 0 Å². The summed E-state index contributed by atoms with van der Waals surface area (Å²) >= 11 is 4.06. The minimum Gasteiger partial charge on any atom is -0.378 e. The van der Waals surface area contributed by atoms with Crippen molar-refractivity contribution in [3.63, 3.8) is 0 Å². The van der Waals surface area contributed by atoms with E-state index in [1.165, 1.54) is 32.1 Å². The first-order chi connectivity index (χ1) is 6.43. The Labute approximate surface area is 86.4 Å². The maximum Gasteiger partial charge on any atom is 0.0704 e. The number of thiol groups is 1. The third-order valence-electron chi connectivity index (χ3n) is 2.37. The Morgan fingerprint density at radius 2 is 1.77 bits per heavy atom. The van der Waals surface area contributed by atoms with Crippen molar-refractivity contribution in [1.29, 1.82) is 0 Å². The van der Waals surface area contributed by atoms with Crippen LogP contribution in [0.4, 0.5) is 0 Å². The predicted octanol–water partition coefficient (Wildman–Crippen LogP) is 2.28. The van der Waals surface area contributed by atoms with Gasteiger partial charge in [-0.15, -0.1) is 0 Å². The van der Waals surface area contributed by atoms with Gasteiger partial charge in [0.2, 0.25) is 0 Å². The van der Waals surface area contributed by atoms with Crippen LogP contribution in [0.15, 0.2) is 0 Å². The molecule has 0 bridgehead atoms. The second kappa shape index (κ2) is 7.65. The highest BCUT2D eigenvalue weighted by Crippen LogP contribution is 2.19. The molecular formula is C10H20O2S. The van der Waals surface area contributed by atoms with Crippen molar-refractivity contribution in [1.82, 2.24) is 0 Å². The number of ether oxygens (including phenoxy) is 2. The van der Waals surface area contributed by atoms with Gasteiger partial charge in [0.1, 0.15) is 0 Å². The molecule has 0 aromatic heterocycles. The van der Waals surface area contributed by atoms with Crippen LogP contribution in [0, 0.1) is 0 Å². The Kier molecular flexibility index (Phi) is 6.68. The van der Waals surface area contributed by atoms with Gasteiger partial charge in [0.05, 0.1) is 25.9 Å². The molecule has 0 unspecified atom stereocenters. The second-order valence-corrected chi connectivity index (χ2v) is 3.91. The maximum atomic E-state index is 5.68. The average molecular weight is 204 g/mol. The Morgan fingerprint density at radius 1 is 1.00 bits per heavy atom. The molecule has 78 valence electrons. The molecule has 1 rings (SSSR count). The summed E-state index contributed by atoms with van der Waals surface area (Å²) in [6, 6.07) is 0. The van der Waals surface area contributed by atoms with Crippen LogP contribution in [0.3, 0.4) is 0 Å². The lowest BCUT2D eigenvalue weighted by Gasteiger charge is -2.21. The summed E-state index contributed by atoms with van der Waals surface area (Å²) < 4.78 is 11.0. The van der Waals surface area contributed by atoms with Gasteiger partial charge in [0, 0.05) is 5.75 Å².